The van der Waals surface area contributed by atoms with Gasteiger partial charge < -0.3 is 5.73 Å². The zero-order valence-corrected chi connectivity index (χ0v) is 11.3. The lowest BCUT2D eigenvalue weighted by molar-refractivity contribution is 1.10. The molecule has 2 rings (SSSR count). The molecular weight excluding hydrogens is 226 g/mol. The number of hydrogen-bond acceptors (Lipinski definition) is 2. The van der Waals surface area contributed by atoms with Gasteiger partial charge in [0, 0.05) is 16.3 Å². The molecule has 17 heavy (non-hydrogen) atoms. The largest absolute Gasteiger partial charge is 0.326 e. The second-order valence-corrected chi connectivity index (χ2v) is 5.34. The first-order chi connectivity index (χ1) is 8.28. The van der Waals surface area contributed by atoms with E-state index in [9.17, 15) is 0 Å². The summed E-state index contributed by atoms with van der Waals surface area (Å²) in [5.74, 6) is 0. The molecule has 1 heterocycles. The van der Waals surface area contributed by atoms with E-state index in [0.29, 0.717) is 6.54 Å². The molecule has 0 spiro atoms. The van der Waals surface area contributed by atoms with E-state index in [1.54, 1.807) is 0 Å². The predicted octanol–water partition coefficient (Wildman–Crippen LogP) is 4.00. The molecular formula is C15H19NS. The molecule has 1 nitrogen and oxygen atoms in total. The maximum atomic E-state index is 5.68. The van der Waals surface area contributed by atoms with E-state index in [2.05, 4.69) is 44.2 Å². The first-order valence-corrected chi connectivity index (χ1v) is 7.01. The number of benzene rings is 1. The van der Waals surface area contributed by atoms with Crippen LogP contribution in [0.1, 0.15) is 29.9 Å². The molecule has 0 aliphatic heterocycles. The van der Waals surface area contributed by atoms with Crippen molar-refractivity contribution in [3.8, 4) is 10.4 Å². The Bertz CT molecular complexity index is 499. The van der Waals surface area contributed by atoms with Gasteiger partial charge in [-0.15, -0.1) is 11.3 Å². The normalized spacial score (nSPS) is 10.8. The van der Waals surface area contributed by atoms with Crippen molar-refractivity contribution in [3.05, 3.63) is 46.3 Å². The van der Waals surface area contributed by atoms with Crippen molar-refractivity contribution in [1.29, 1.82) is 0 Å². The Labute approximate surface area is 107 Å². The summed E-state index contributed by atoms with van der Waals surface area (Å²) in [7, 11) is 0. The fourth-order valence-corrected chi connectivity index (χ4v) is 2.95. The van der Waals surface area contributed by atoms with Crippen molar-refractivity contribution in [2.24, 2.45) is 5.73 Å². The fraction of sp³-hybridized carbons (Fsp3) is 0.333. The van der Waals surface area contributed by atoms with Crippen LogP contribution in [0.3, 0.4) is 0 Å². The Balaban J connectivity index is 2.47. The van der Waals surface area contributed by atoms with Crippen LogP contribution in [-0.4, -0.2) is 0 Å². The van der Waals surface area contributed by atoms with Crippen LogP contribution in [0.25, 0.3) is 10.4 Å². The van der Waals surface area contributed by atoms with E-state index < -0.39 is 0 Å². The molecule has 0 bridgehead atoms. The predicted molar refractivity (Wildman–Crippen MR) is 76.4 cm³/mol. The van der Waals surface area contributed by atoms with Crippen LogP contribution in [0, 0.1) is 0 Å². The first kappa shape index (κ1) is 12.3. The van der Waals surface area contributed by atoms with Crippen molar-refractivity contribution in [3.63, 3.8) is 0 Å². The Morgan fingerprint density at radius 2 is 1.88 bits per heavy atom. The van der Waals surface area contributed by atoms with Crippen LogP contribution in [0.15, 0.2) is 30.3 Å². The standard InChI is InChI=1S/C15H19NS/c1-3-11-5-6-12(4-2)14(9-11)15-8-7-13(10-16)17-15/h5-9H,3-4,10,16H2,1-2H3. The molecule has 0 atom stereocenters. The van der Waals surface area contributed by atoms with E-state index in [-0.39, 0.29) is 0 Å². The lowest BCUT2D eigenvalue weighted by atomic mass is 10.00. The third-order valence-corrected chi connectivity index (χ3v) is 4.23. The van der Waals surface area contributed by atoms with Gasteiger partial charge in [0.25, 0.3) is 0 Å². The average molecular weight is 245 g/mol. The quantitative estimate of drug-likeness (QED) is 0.865. The second-order valence-electron chi connectivity index (χ2n) is 4.17. The molecule has 0 radical (unpaired) electrons. The molecule has 0 aliphatic carbocycles. The number of thiophene rings is 1. The van der Waals surface area contributed by atoms with E-state index in [1.165, 1.54) is 26.4 Å². The second kappa shape index (κ2) is 5.48. The zero-order valence-electron chi connectivity index (χ0n) is 10.5. The summed E-state index contributed by atoms with van der Waals surface area (Å²) in [4.78, 5) is 2.60. The summed E-state index contributed by atoms with van der Waals surface area (Å²) in [6, 6.07) is 11.2. The number of hydrogen-bond donors (Lipinski definition) is 1. The highest BCUT2D eigenvalue weighted by atomic mass is 32.1. The van der Waals surface area contributed by atoms with Crippen molar-refractivity contribution < 1.29 is 0 Å². The first-order valence-electron chi connectivity index (χ1n) is 6.19. The number of rotatable bonds is 4. The molecule has 0 saturated heterocycles. The van der Waals surface area contributed by atoms with E-state index in [1.807, 2.05) is 11.3 Å². The summed E-state index contributed by atoms with van der Waals surface area (Å²) in [5.41, 5.74) is 9.89. The van der Waals surface area contributed by atoms with Crippen LogP contribution >= 0.6 is 11.3 Å². The maximum Gasteiger partial charge on any atom is 0.0349 e. The van der Waals surface area contributed by atoms with Gasteiger partial charge in [0.2, 0.25) is 0 Å². The van der Waals surface area contributed by atoms with Crippen LogP contribution < -0.4 is 5.73 Å². The minimum atomic E-state index is 0.638. The monoisotopic (exact) mass is 245 g/mol. The molecule has 2 heteroatoms. The van der Waals surface area contributed by atoms with Gasteiger partial charge in [0.1, 0.15) is 0 Å². The van der Waals surface area contributed by atoms with Crippen LogP contribution in [0.5, 0.6) is 0 Å². The molecule has 0 unspecified atom stereocenters. The lowest BCUT2D eigenvalue weighted by Gasteiger charge is -2.08. The summed E-state index contributed by atoms with van der Waals surface area (Å²) >= 11 is 1.81. The number of nitrogens with two attached hydrogens (primary N) is 1. The Kier molecular flexibility index (Phi) is 3.97. The molecule has 0 fully saturated rings. The van der Waals surface area contributed by atoms with Gasteiger partial charge in [-0.3, -0.25) is 0 Å². The smallest absolute Gasteiger partial charge is 0.0349 e. The number of aryl methyl sites for hydroxylation is 2. The Hall–Kier alpha value is -1.12. The van der Waals surface area contributed by atoms with E-state index >= 15 is 0 Å². The van der Waals surface area contributed by atoms with Crippen molar-refractivity contribution in [2.45, 2.75) is 33.2 Å². The van der Waals surface area contributed by atoms with Gasteiger partial charge in [0.15, 0.2) is 0 Å². The maximum absolute atomic E-state index is 5.68. The van der Waals surface area contributed by atoms with Crippen LogP contribution in [-0.2, 0) is 19.4 Å². The third-order valence-electron chi connectivity index (χ3n) is 3.09. The van der Waals surface area contributed by atoms with Gasteiger partial charge in [-0.05, 0) is 41.7 Å². The minimum Gasteiger partial charge on any atom is -0.326 e. The summed E-state index contributed by atoms with van der Waals surface area (Å²) in [6.07, 6.45) is 2.17. The van der Waals surface area contributed by atoms with E-state index in [0.717, 1.165) is 12.8 Å². The van der Waals surface area contributed by atoms with Gasteiger partial charge >= 0.3 is 0 Å². The van der Waals surface area contributed by atoms with Gasteiger partial charge in [-0.25, -0.2) is 0 Å². The van der Waals surface area contributed by atoms with E-state index in [4.69, 9.17) is 5.73 Å². The molecule has 1 aromatic heterocycles. The van der Waals surface area contributed by atoms with Gasteiger partial charge in [-0.2, -0.15) is 0 Å². The molecule has 0 saturated carbocycles. The average Bonchev–Trinajstić information content (AvgIpc) is 2.86. The highest BCUT2D eigenvalue weighted by Gasteiger charge is 2.07. The molecule has 2 N–H and O–H groups in total. The van der Waals surface area contributed by atoms with Crippen LogP contribution in [0.4, 0.5) is 0 Å². The van der Waals surface area contributed by atoms with Gasteiger partial charge in [-0.1, -0.05) is 32.0 Å². The minimum absolute atomic E-state index is 0.638. The molecule has 90 valence electrons. The van der Waals surface area contributed by atoms with Crippen molar-refractivity contribution in [1.82, 2.24) is 0 Å². The topological polar surface area (TPSA) is 26.0 Å². The summed E-state index contributed by atoms with van der Waals surface area (Å²) in [6.45, 7) is 5.05. The summed E-state index contributed by atoms with van der Waals surface area (Å²) in [5, 5.41) is 0. The molecule has 0 amide bonds. The molecule has 0 aliphatic rings. The summed E-state index contributed by atoms with van der Waals surface area (Å²) < 4.78 is 0. The van der Waals surface area contributed by atoms with Crippen molar-refractivity contribution >= 4 is 11.3 Å². The lowest BCUT2D eigenvalue weighted by Crippen LogP contribution is -1.91. The Morgan fingerprint density at radius 1 is 1.06 bits per heavy atom. The highest BCUT2D eigenvalue weighted by molar-refractivity contribution is 7.15. The third kappa shape index (κ3) is 2.59. The van der Waals surface area contributed by atoms with Crippen LogP contribution in [0.2, 0.25) is 0 Å². The highest BCUT2D eigenvalue weighted by Crippen LogP contribution is 2.31. The molecule has 1 aromatic carbocycles. The molecule has 2 aromatic rings. The van der Waals surface area contributed by atoms with Crippen molar-refractivity contribution in [2.75, 3.05) is 0 Å². The zero-order chi connectivity index (χ0) is 12.3. The van der Waals surface area contributed by atoms with Gasteiger partial charge in [0.05, 0.1) is 0 Å². The Morgan fingerprint density at radius 3 is 2.47 bits per heavy atom. The fourth-order valence-electron chi connectivity index (χ4n) is 2.01. The SMILES string of the molecule is CCc1ccc(CC)c(-c2ccc(CN)s2)c1.